The minimum absolute atomic E-state index is 0.132. The highest BCUT2D eigenvalue weighted by Gasteiger charge is 2.34. The van der Waals surface area contributed by atoms with Crippen molar-refractivity contribution in [1.29, 1.82) is 0 Å². The van der Waals surface area contributed by atoms with Crippen molar-refractivity contribution < 1.29 is 16.8 Å². The van der Waals surface area contributed by atoms with Crippen LogP contribution in [0.5, 0.6) is 0 Å². The molecule has 1 aliphatic heterocycles. The van der Waals surface area contributed by atoms with Crippen molar-refractivity contribution in [3.05, 3.63) is 72.1 Å². The highest BCUT2D eigenvalue weighted by molar-refractivity contribution is 7.91. The van der Waals surface area contributed by atoms with E-state index in [0.717, 1.165) is 22.5 Å². The zero-order valence-electron chi connectivity index (χ0n) is 15.5. The Morgan fingerprint density at radius 2 is 1.17 bits per heavy atom. The van der Waals surface area contributed by atoms with E-state index in [4.69, 9.17) is 0 Å². The summed E-state index contributed by atoms with van der Waals surface area (Å²) in [7, 11) is -7.23. The number of hydrogen-bond donors (Lipinski definition) is 0. The third-order valence-electron chi connectivity index (χ3n) is 4.89. The fraction of sp³-hybridized carbons (Fsp3) is 0.200. The topological polar surface area (TPSA) is 74.8 Å². The lowest BCUT2D eigenvalue weighted by Crippen LogP contribution is -2.50. The Kier molecular flexibility index (Phi) is 5.58. The molecular formula is C20H20N2O4S3. The number of hydrogen-bond acceptors (Lipinski definition) is 5. The number of rotatable bonds is 5. The number of benzene rings is 2. The molecule has 0 N–H and O–H groups in total. The van der Waals surface area contributed by atoms with E-state index >= 15 is 0 Å². The largest absolute Gasteiger partial charge is 0.252 e. The van der Waals surface area contributed by atoms with Crippen LogP contribution in [0.1, 0.15) is 0 Å². The standard InChI is InChI=1S/C20H20N2O4S3/c23-28(24,19-10-8-18(9-11-19)17-5-2-1-3-6-17)21-12-14-22(15-13-21)29(25,26)20-7-4-16-27-20/h1-11,16H,12-15H2. The Labute approximate surface area is 175 Å². The molecule has 4 rings (SSSR count). The number of nitrogens with zero attached hydrogens (tertiary/aromatic N) is 2. The highest BCUT2D eigenvalue weighted by Crippen LogP contribution is 2.26. The molecule has 0 aliphatic carbocycles. The lowest BCUT2D eigenvalue weighted by molar-refractivity contribution is 0.273. The fourth-order valence-electron chi connectivity index (χ4n) is 3.29. The Balaban J connectivity index is 1.48. The average Bonchev–Trinajstić information content (AvgIpc) is 3.30. The van der Waals surface area contributed by atoms with E-state index in [1.807, 2.05) is 30.3 Å². The van der Waals surface area contributed by atoms with Crippen LogP contribution in [-0.4, -0.2) is 51.6 Å². The van der Waals surface area contributed by atoms with E-state index < -0.39 is 20.0 Å². The van der Waals surface area contributed by atoms with Crippen LogP contribution in [0, 0.1) is 0 Å². The van der Waals surface area contributed by atoms with Gasteiger partial charge in [-0.25, -0.2) is 16.8 Å². The van der Waals surface area contributed by atoms with Crippen molar-refractivity contribution in [2.24, 2.45) is 0 Å². The van der Waals surface area contributed by atoms with Gasteiger partial charge in [-0.05, 0) is 34.7 Å². The molecule has 0 unspecified atom stereocenters. The summed E-state index contributed by atoms with van der Waals surface area (Å²) in [5.41, 5.74) is 1.96. The third kappa shape index (κ3) is 4.01. The maximum absolute atomic E-state index is 13.0. The second kappa shape index (κ2) is 8.00. The normalized spacial score (nSPS) is 16.7. The molecule has 1 aliphatic rings. The van der Waals surface area contributed by atoms with Gasteiger partial charge in [-0.3, -0.25) is 0 Å². The smallest absolute Gasteiger partial charge is 0.207 e. The number of sulfonamides is 2. The van der Waals surface area contributed by atoms with Crippen molar-refractivity contribution in [2.45, 2.75) is 9.10 Å². The summed E-state index contributed by atoms with van der Waals surface area (Å²) in [6.07, 6.45) is 0. The molecule has 3 aromatic rings. The van der Waals surface area contributed by atoms with Crippen LogP contribution in [0.3, 0.4) is 0 Å². The molecule has 0 bridgehead atoms. The van der Waals surface area contributed by atoms with Gasteiger partial charge in [0.05, 0.1) is 4.90 Å². The van der Waals surface area contributed by atoms with E-state index in [1.54, 1.807) is 41.8 Å². The van der Waals surface area contributed by atoms with Crippen molar-refractivity contribution in [3.63, 3.8) is 0 Å². The Morgan fingerprint density at radius 1 is 0.621 bits per heavy atom. The van der Waals surface area contributed by atoms with Gasteiger partial charge < -0.3 is 0 Å². The lowest BCUT2D eigenvalue weighted by Gasteiger charge is -2.33. The van der Waals surface area contributed by atoms with Crippen LogP contribution in [0.15, 0.2) is 81.2 Å². The van der Waals surface area contributed by atoms with Crippen LogP contribution in [0.4, 0.5) is 0 Å². The molecule has 1 fully saturated rings. The van der Waals surface area contributed by atoms with Gasteiger partial charge >= 0.3 is 0 Å². The Morgan fingerprint density at radius 3 is 1.72 bits per heavy atom. The second-order valence-corrected chi connectivity index (χ2v) is 11.7. The summed E-state index contributed by atoms with van der Waals surface area (Å²) >= 11 is 1.16. The van der Waals surface area contributed by atoms with E-state index in [1.165, 1.54) is 8.61 Å². The van der Waals surface area contributed by atoms with Gasteiger partial charge in [0.15, 0.2) is 0 Å². The van der Waals surface area contributed by atoms with E-state index in [2.05, 4.69) is 0 Å². The van der Waals surface area contributed by atoms with Gasteiger partial charge in [0, 0.05) is 26.2 Å². The first-order valence-electron chi connectivity index (χ1n) is 9.08. The summed E-state index contributed by atoms with van der Waals surface area (Å²) in [6.45, 7) is 0.546. The van der Waals surface area contributed by atoms with Crippen molar-refractivity contribution in [1.82, 2.24) is 8.61 Å². The zero-order chi connectivity index (χ0) is 20.5. The molecule has 0 atom stereocenters. The van der Waals surface area contributed by atoms with Gasteiger partial charge in [0.2, 0.25) is 10.0 Å². The van der Waals surface area contributed by atoms with Gasteiger partial charge in [-0.15, -0.1) is 11.3 Å². The third-order valence-corrected chi connectivity index (χ3v) is 10.1. The molecular weight excluding hydrogens is 428 g/mol. The molecule has 0 radical (unpaired) electrons. The van der Waals surface area contributed by atoms with Crippen LogP contribution in [-0.2, 0) is 20.0 Å². The van der Waals surface area contributed by atoms with E-state index in [0.29, 0.717) is 0 Å². The first-order valence-corrected chi connectivity index (χ1v) is 12.8. The summed E-state index contributed by atoms with van der Waals surface area (Å²) in [5.74, 6) is 0. The van der Waals surface area contributed by atoms with Gasteiger partial charge in [-0.1, -0.05) is 48.5 Å². The molecule has 0 spiro atoms. The first-order chi connectivity index (χ1) is 13.9. The van der Waals surface area contributed by atoms with Crippen LogP contribution in [0.2, 0.25) is 0 Å². The van der Waals surface area contributed by atoms with Crippen LogP contribution >= 0.6 is 11.3 Å². The SMILES string of the molecule is O=S(=O)(c1ccc(-c2ccccc2)cc1)N1CCN(S(=O)(=O)c2cccs2)CC1. The molecule has 2 aromatic carbocycles. The predicted octanol–water partition coefficient (Wildman–Crippen LogP) is 3.11. The van der Waals surface area contributed by atoms with Crippen LogP contribution in [0.25, 0.3) is 11.1 Å². The summed E-state index contributed by atoms with van der Waals surface area (Å²) in [5, 5.41) is 1.71. The number of thiophene rings is 1. The van der Waals surface area contributed by atoms with Gasteiger partial charge in [-0.2, -0.15) is 8.61 Å². The van der Waals surface area contributed by atoms with Crippen molar-refractivity contribution in [3.8, 4) is 11.1 Å². The molecule has 1 saturated heterocycles. The van der Waals surface area contributed by atoms with Gasteiger partial charge in [0.1, 0.15) is 4.21 Å². The average molecular weight is 449 g/mol. The molecule has 1 aromatic heterocycles. The highest BCUT2D eigenvalue weighted by atomic mass is 32.2. The van der Waals surface area contributed by atoms with Crippen molar-refractivity contribution >= 4 is 31.4 Å². The first kappa shape index (κ1) is 20.2. The predicted molar refractivity (Wildman–Crippen MR) is 114 cm³/mol. The monoisotopic (exact) mass is 448 g/mol. The Bertz CT molecular complexity index is 1170. The Hall–Kier alpha value is -2.04. The molecule has 0 amide bonds. The van der Waals surface area contributed by atoms with Crippen molar-refractivity contribution in [2.75, 3.05) is 26.2 Å². The summed E-state index contributed by atoms with van der Waals surface area (Å²) in [6, 6.07) is 19.8. The molecule has 9 heteroatoms. The molecule has 29 heavy (non-hydrogen) atoms. The van der Waals surface area contributed by atoms with Crippen LogP contribution < -0.4 is 0 Å². The minimum atomic E-state index is -3.67. The van der Waals surface area contributed by atoms with E-state index in [-0.39, 0.29) is 35.3 Å². The molecule has 2 heterocycles. The maximum Gasteiger partial charge on any atom is 0.252 e. The van der Waals surface area contributed by atoms with E-state index in [9.17, 15) is 16.8 Å². The second-order valence-electron chi connectivity index (χ2n) is 6.63. The molecule has 152 valence electrons. The maximum atomic E-state index is 13.0. The fourth-order valence-corrected chi connectivity index (χ4v) is 7.28. The van der Waals surface area contributed by atoms with Gasteiger partial charge in [0.25, 0.3) is 10.0 Å². The summed E-state index contributed by atoms with van der Waals surface area (Å²) in [4.78, 5) is 0.215. The molecule has 6 nitrogen and oxygen atoms in total. The lowest BCUT2D eigenvalue weighted by atomic mass is 10.1. The quantitative estimate of drug-likeness (QED) is 0.601. The molecule has 0 saturated carbocycles. The zero-order valence-corrected chi connectivity index (χ0v) is 18.0. The number of piperazine rings is 1. The minimum Gasteiger partial charge on any atom is -0.207 e. The summed E-state index contributed by atoms with van der Waals surface area (Å²) < 4.78 is 54.2.